The number of thiophene rings is 1. The Hall–Kier alpha value is -1.69. The van der Waals surface area contributed by atoms with E-state index in [-0.39, 0.29) is 11.8 Å². The maximum absolute atomic E-state index is 10.5. The van der Waals surface area contributed by atoms with Crippen LogP contribution in [0.1, 0.15) is 23.2 Å². The molecule has 5 nitrogen and oxygen atoms in total. The highest BCUT2D eigenvalue weighted by Gasteiger charge is 2.16. The fourth-order valence-electron chi connectivity index (χ4n) is 1.20. The molecule has 2 heterocycles. The zero-order chi connectivity index (χ0) is 10.8. The second-order valence-corrected chi connectivity index (χ2v) is 3.76. The highest BCUT2D eigenvalue weighted by atomic mass is 32.1. The monoisotopic (exact) mass is 224 g/mol. The van der Waals surface area contributed by atoms with Crippen molar-refractivity contribution in [2.45, 2.75) is 13.3 Å². The number of nitrogens with zero attached hydrogens (tertiary/aromatic N) is 2. The molecule has 0 bridgehead atoms. The molecule has 0 aliphatic carbocycles. The third-order valence-corrected chi connectivity index (χ3v) is 2.87. The lowest BCUT2D eigenvalue weighted by Gasteiger charge is -1.93. The lowest BCUT2D eigenvalue weighted by atomic mass is 10.2. The molecule has 0 aliphatic heterocycles. The molecular formula is C9H8N2O3S. The fraction of sp³-hybridized carbons (Fsp3) is 0.222. The average Bonchev–Trinajstić information content (AvgIpc) is 2.85. The van der Waals surface area contributed by atoms with Crippen LogP contribution in [-0.2, 0) is 6.42 Å². The summed E-state index contributed by atoms with van der Waals surface area (Å²) in [6.45, 7) is 2.01. The molecule has 0 spiro atoms. The number of hydrogen-bond acceptors (Lipinski definition) is 5. The van der Waals surface area contributed by atoms with Gasteiger partial charge >= 0.3 is 11.9 Å². The van der Waals surface area contributed by atoms with Gasteiger partial charge in [-0.05, 0) is 23.4 Å². The van der Waals surface area contributed by atoms with Crippen LogP contribution in [-0.4, -0.2) is 21.3 Å². The Bertz CT molecular complexity index is 489. The first-order valence-corrected chi connectivity index (χ1v) is 5.24. The molecule has 0 amide bonds. The molecule has 0 fully saturated rings. The molecule has 2 aromatic heterocycles. The lowest BCUT2D eigenvalue weighted by molar-refractivity contribution is 0.0654. The Balaban J connectivity index is 2.41. The maximum atomic E-state index is 10.5. The predicted molar refractivity (Wildman–Crippen MR) is 53.9 cm³/mol. The van der Waals surface area contributed by atoms with E-state index in [1.165, 1.54) is 11.3 Å². The van der Waals surface area contributed by atoms with Crippen LogP contribution in [0.5, 0.6) is 0 Å². The van der Waals surface area contributed by atoms with Gasteiger partial charge in [-0.3, -0.25) is 0 Å². The fourth-order valence-corrected chi connectivity index (χ4v) is 2.12. The van der Waals surface area contributed by atoms with E-state index < -0.39 is 5.97 Å². The minimum atomic E-state index is -1.21. The molecule has 0 atom stereocenters. The van der Waals surface area contributed by atoms with Crippen molar-refractivity contribution in [1.29, 1.82) is 0 Å². The van der Waals surface area contributed by atoms with E-state index in [4.69, 9.17) is 9.52 Å². The molecule has 78 valence electrons. The molecule has 0 aromatic carbocycles. The summed E-state index contributed by atoms with van der Waals surface area (Å²) >= 11 is 1.46. The van der Waals surface area contributed by atoms with Gasteiger partial charge in [-0.2, -0.15) is 0 Å². The first-order chi connectivity index (χ1) is 7.22. The SMILES string of the molecule is CCc1ccsc1-c1nnc(C(=O)O)o1. The standard InChI is InChI=1S/C9H8N2O3S/c1-2-5-3-4-15-6(5)7-10-11-8(14-7)9(12)13/h3-4H,2H2,1H3,(H,12,13). The Morgan fingerprint density at radius 3 is 3.00 bits per heavy atom. The number of carbonyl (C=O) groups is 1. The Kier molecular flexibility index (Phi) is 2.51. The van der Waals surface area contributed by atoms with Gasteiger partial charge in [0.25, 0.3) is 5.89 Å². The predicted octanol–water partition coefficient (Wildman–Crippen LogP) is 2.06. The van der Waals surface area contributed by atoms with Crippen molar-refractivity contribution in [2.24, 2.45) is 0 Å². The molecule has 6 heteroatoms. The van der Waals surface area contributed by atoms with Gasteiger partial charge in [0.2, 0.25) is 0 Å². The molecule has 0 saturated carbocycles. The van der Waals surface area contributed by atoms with E-state index in [1.807, 2.05) is 18.4 Å². The van der Waals surface area contributed by atoms with Gasteiger partial charge in [0.15, 0.2) is 0 Å². The summed E-state index contributed by atoms with van der Waals surface area (Å²) in [5.41, 5.74) is 1.08. The third kappa shape index (κ3) is 1.75. The van der Waals surface area contributed by atoms with Crippen LogP contribution in [0, 0.1) is 0 Å². The summed E-state index contributed by atoms with van der Waals surface area (Å²) < 4.78 is 5.02. The normalized spacial score (nSPS) is 10.5. The first kappa shape index (κ1) is 9.85. The van der Waals surface area contributed by atoms with Crippen molar-refractivity contribution in [2.75, 3.05) is 0 Å². The third-order valence-electron chi connectivity index (χ3n) is 1.93. The van der Waals surface area contributed by atoms with Crippen molar-refractivity contribution in [3.63, 3.8) is 0 Å². The summed E-state index contributed by atoms with van der Waals surface area (Å²) in [5, 5.41) is 17.7. The molecule has 1 N–H and O–H groups in total. The minimum Gasteiger partial charge on any atom is -0.474 e. The van der Waals surface area contributed by atoms with Gasteiger partial charge in [0.05, 0.1) is 4.88 Å². The first-order valence-electron chi connectivity index (χ1n) is 4.36. The number of rotatable bonds is 3. The summed E-state index contributed by atoms with van der Waals surface area (Å²) in [7, 11) is 0. The topological polar surface area (TPSA) is 76.2 Å². The largest absolute Gasteiger partial charge is 0.474 e. The van der Waals surface area contributed by atoms with Crippen molar-refractivity contribution >= 4 is 17.3 Å². The highest BCUT2D eigenvalue weighted by molar-refractivity contribution is 7.13. The number of aromatic nitrogens is 2. The average molecular weight is 224 g/mol. The highest BCUT2D eigenvalue weighted by Crippen LogP contribution is 2.28. The Morgan fingerprint density at radius 1 is 1.60 bits per heavy atom. The smallest absolute Gasteiger partial charge is 0.393 e. The van der Waals surface area contributed by atoms with Gasteiger partial charge in [-0.15, -0.1) is 21.5 Å². The molecule has 15 heavy (non-hydrogen) atoms. The van der Waals surface area contributed by atoms with Crippen LogP contribution in [0.3, 0.4) is 0 Å². The van der Waals surface area contributed by atoms with E-state index in [0.29, 0.717) is 0 Å². The van der Waals surface area contributed by atoms with E-state index in [1.54, 1.807) is 0 Å². The van der Waals surface area contributed by atoms with Crippen molar-refractivity contribution < 1.29 is 14.3 Å². The lowest BCUT2D eigenvalue weighted by Crippen LogP contribution is -1.95. The molecule has 0 aliphatic rings. The molecule has 2 rings (SSSR count). The Labute approximate surface area is 89.4 Å². The molecule has 0 saturated heterocycles. The van der Waals surface area contributed by atoms with Crippen molar-refractivity contribution in [3.05, 3.63) is 22.9 Å². The molecule has 0 unspecified atom stereocenters. The zero-order valence-corrected chi connectivity index (χ0v) is 8.74. The second-order valence-electron chi connectivity index (χ2n) is 2.85. The summed E-state index contributed by atoms with van der Waals surface area (Å²) in [4.78, 5) is 11.4. The van der Waals surface area contributed by atoms with E-state index in [2.05, 4.69) is 10.2 Å². The van der Waals surface area contributed by atoms with E-state index in [0.717, 1.165) is 16.9 Å². The van der Waals surface area contributed by atoms with Gasteiger partial charge in [0.1, 0.15) is 0 Å². The summed E-state index contributed by atoms with van der Waals surface area (Å²) in [6, 6.07) is 1.96. The maximum Gasteiger partial charge on any atom is 0.393 e. The number of carboxylic acid groups (broad SMARTS) is 1. The number of aromatic carboxylic acids is 1. The van der Waals surface area contributed by atoms with E-state index in [9.17, 15) is 4.79 Å². The van der Waals surface area contributed by atoms with E-state index >= 15 is 0 Å². The van der Waals surface area contributed by atoms with Gasteiger partial charge in [0, 0.05) is 0 Å². The quantitative estimate of drug-likeness (QED) is 0.863. The summed E-state index contributed by atoms with van der Waals surface area (Å²) in [6.07, 6.45) is 0.851. The van der Waals surface area contributed by atoms with Crippen molar-refractivity contribution in [3.8, 4) is 10.8 Å². The zero-order valence-electron chi connectivity index (χ0n) is 7.93. The van der Waals surface area contributed by atoms with Crippen molar-refractivity contribution in [1.82, 2.24) is 10.2 Å². The molecule has 0 radical (unpaired) electrons. The molecular weight excluding hydrogens is 216 g/mol. The van der Waals surface area contributed by atoms with Gasteiger partial charge in [-0.1, -0.05) is 6.92 Å². The Morgan fingerprint density at radius 2 is 2.40 bits per heavy atom. The van der Waals surface area contributed by atoms with Gasteiger partial charge < -0.3 is 9.52 Å². The van der Waals surface area contributed by atoms with Crippen LogP contribution in [0.2, 0.25) is 0 Å². The summed E-state index contributed by atoms with van der Waals surface area (Å²) in [5.74, 6) is -1.30. The van der Waals surface area contributed by atoms with Crippen LogP contribution in [0.4, 0.5) is 0 Å². The van der Waals surface area contributed by atoms with Crippen LogP contribution in [0.25, 0.3) is 10.8 Å². The minimum absolute atomic E-state index is 0.277. The number of hydrogen-bond donors (Lipinski definition) is 1. The van der Waals surface area contributed by atoms with Crippen LogP contribution in [0.15, 0.2) is 15.9 Å². The number of carboxylic acids is 1. The van der Waals surface area contributed by atoms with Gasteiger partial charge in [-0.25, -0.2) is 4.79 Å². The number of aryl methyl sites for hydroxylation is 1. The second kappa shape index (κ2) is 3.82. The van der Waals surface area contributed by atoms with Crippen LogP contribution < -0.4 is 0 Å². The molecule has 2 aromatic rings. The van der Waals surface area contributed by atoms with Crippen LogP contribution >= 0.6 is 11.3 Å².